The van der Waals surface area contributed by atoms with Crippen LogP contribution in [-0.2, 0) is 4.79 Å². The van der Waals surface area contributed by atoms with Crippen LogP contribution in [0.15, 0.2) is 24.3 Å². The van der Waals surface area contributed by atoms with Crippen LogP contribution in [0.25, 0.3) is 0 Å². The van der Waals surface area contributed by atoms with Gasteiger partial charge in [-0.3, -0.25) is 9.59 Å². The largest absolute Gasteiger partial charge is 0.497 e. The van der Waals surface area contributed by atoms with E-state index in [1.807, 2.05) is 6.92 Å². The van der Waals surface area contributed by atoms with E-state index in [1.54, 1.807) is 31.2 Å². The molecule has 0 saturated carbocycles. The van der Waals surface area contributed by atoms with Crippen molar-refractivity contribution in [2.45, 2.75) is 26.3 Å². The fourth-order valence-corrected chi connectivity index (χ4v) is 1.51. The molecule has 0 heterocycles. The molecule has 104 valence electrons. The maximum Gasteiger partial charge on any atom is 0.252 e. The number of rotatable bonds is 6. The molecular formula is C14H20N2O3. The minimum Gasteiger partial charge on any atom is -0.497 e. The SMILES string of the molecule is CCCNC(=O)[C@H](C)NC(=O)c1cccc(OC)c1. The highest BCUT2D eigenvalue weighted by Gasteiger charge is 2.16. The Morgan fingerprint density at radius 1 is 1.37 bits per heavy atom. The second kappa shape index (κ2) is 7.41. The molecular weight excluding hydrogens is 244 g/mol. The molecule has 0 saturated heterocycles. The number of methoxy groups -OCH3 is 1. The lowest BCUT2D eigenvalue weighted by molar-refractivity contribution is -0.122. The molecule has 0 fully saturated rings. The Labute approximate surface area is 113 Å². The molecule has 0 aliphatic rings. The van der Waals surface area contributed by atoms with Crippen molar-refractivity contribution in [3.05, 3.63) is 29.8 Å². The Bertz CT molecular complexity index is 446. The zero-order valence-electron chi connectivity index (χ0n) is 11.5. The standard InChI is InChI=1S/C14H20N2O3/c1-4-8-15-13(17)10(2)16-14(18)11-6-5-7-12(9-11)19-3/h5-7,9-10H,4,8H2,1-3H3,(H,15,17)(H,16,18)/t10-/m0/s1. The lowest BCUT2D eigenvalue weighted by Gasteiger charge is -2.14. The van der Waals surface area contributed by atoms with Gasteiger partial charge in [0.15, 0.2) is 0 Å². The van der Waals surface area contributed by atoms with E-state index in [1.165, 1.54) is 7.11 Å². The summed E-state index contributed by atoms with van der Waals surface area (Å²) >= 11 is 0. The van der Waals surface area contributed by atoms with Gasteiger partial charge in [-0.05, 0) is 31.5 Å². The second-order valence-electron chi connectivity index (χ2n) is 4.22. The van der Waals surface area contributed by atoms with E-state index in [4.69, 9.17) is 4.74 Å². The van der Waals surface area contributed by atoms with E-state index in [2.05, 4.69) is 10.6 Å². The van der Waals surface area contributed by atoms with Crippen LogP contribution < -0.4 is 15.4 Å². The molecule has 5 nitrogen and oxygen atoms in total. The topological polar surface area (TPSA) is 67.4 Å². The summed E-state index contributed by atoms with van der Waals surface area (Å²) in [5.74, 6) is 0.131. The highest BCUT2D eigenvalue weighted by molar-refractivity contribution is 5.97. The van der Waals surface area contributed by atoms with Gasteiger partial charge in [0, 0.05) is 12.1 Å². The molecule has 0 radical (unpaired) electrons. The van der Waals surface area contributed by atoms with Gasteiger partial charge >= 0.3 is 0 Å². The van der Waals surface area contributed by atoms with Gasteiger partial charge in [-0.25, -0.2) is 0 Å². The van der Waals surface area contributed by atoms with Crippen molar-refractivity contribution < 1.29 is 14.3 Å². The van der Waals surface area contributed by atoms with E-state index in [-0.39, 0.29) is 11.8 Å². The molecule has 1 rings (SSSR count). The summed E-state index contributed by atoms with van der Waals surface area (Å²) in [4.78, 5) is 23.6. The normalized spacial score (nSPS) is 11.5. The molecule has 1 aromatic rings. The number of amides is 2. The second-order valence-corrected chi connectivity index (χ2v) is 4.22. The van der Waals surface area contributed by atoms with E-state index in [0.29, 0.717) is 17.9 Å². The van der Waals surface area contributed by atoms with E-state index in [9.17, 15) is 9.59 Å². The van der Waals surface area contributed by atoms with Gasteiger partial charge in [0.25, 0.3) is 5.91 Å². The first kappa shape index (κ1) is 15.0. The van der Waals surface area contributed by atoms with Crippen molar-refractivity contribution in [3.8, 4) is 5.75 Å². The van der Waals surface area contributed by atoms with Crippen LogP contribution in [0.4, 0.5) is 0 Å². The first-order chi connectivity index (χ1) is 9.08. The first-order valence-electron chi connectivity index (χ1n) is 6.31. The fraction of sp³-hybridized carbons (Fsp3) is 0.429. The number of hydrogen-bond donors (Lipinski definition) is 2. The highest BCUT2D eigenvalue weighted by Crippen LogP contribution is 2.12. The Balaban J connectivity index is 2.60. The van der Waals surface area contributed by atoms with Crippen molar-refractivity contribution in [2.75, 3.05) is 13.7 Å². The lowest BCUT2D eigenvalue weighted by atomic mass is 10.2. The minimum absolute atomic E-state index is 0.182. The van der Waals surface area contributed by atoms with Crippen LogP contribution in [0.2, 0.25) is 0 Å². The number of ether oxygens (including phenoxy) is 1. The van der Waals surface area contributed by atoms with Gasteiger partial charge in [0.05, 0.1) is 7.11 Å². The van der Waals surface area contributed by atoms with Crippen LogP contribution in [0, 0.1) is 0 Å². The van der Waals surface area contributed by atoms with E-state index < -0.39 is 6.04 Å². The third kappa shape index (κ3) is 4.62. The number of benzene rings is 1. The quantitative estimate of drug-likeness (QED) is 0.814. The predicted octanol–water partition coefficient (Wildman–Crippen LogP) is 1.34. The summed E-state index contributed by atoms with van der Waals surface area (Å²) in [6.07, 6.45) is 0.863. The number of carbonyl (C=O) groups is 2. The number of hydrogen-bond acceptors (Lipinski definition) is 3. The molecule has 0 aliphatic heterocycles. The van der Waals surface area contributed by atoms with Crippen LogP contribution in [-0.4, -0.2) is 31.5 Å². The molecule has 0 unspecified atom stereocenters. The zero-order chi connectivity index (χ0) is 14.3. The fourth-order valence-electron chi connectivity index (χ4n) is 1.51. The third-order valence-corrected chi connectivity index (χ3v) is 2.62. The van der Waals surface area contributed by atoms with E-state index >= 15 is 0 Å². The van der Waals surface area contributed by atoms with Crippen molar-refractivity contribution >= 4 is 11.8 Å². The molecule has 2 amide bonds. The van der Waals surface area contributed by atoms with Crippen molar-refractivity contribution in [1.82, 2.24) is 10.6 Å². The Kier molecular flexibility index (Phi) is 5.85. The van der Waals surface area contributed by atoms with Crippen LogP contribution in [0.1, 0.15) is 30.6 Å². The summed E-state index contributed by atoms with van der Waals surface area (Å²) in [7, 11) is 1.54. The number of carbonyl (C=O) groups excluding carboxylic acids is 2. The van der Waals surface area contributed by atoms with Crippen molar-refractivity contribution in [3.63, 3.8) is 0 Å². The van der Waals surface area contributed by atoms with Crippen molar-refractivity contribution in [1.29, 1.82) is 0 Å². The Hall–Kier alpha value is -2.04. The molecule has 19 heavy (non-hydrogen) atoms. The smallest absolute Gasteiger partial charge is 0.252 e. The average molecular weight is 264 g/mol. The van der Waals surface area contributed by atoms with Gasteiger partial charge in [0.2, 0.25) is 5.91 Å². The zero-order valence-corrected chi connectivity index (χ0v) is 11.5. The summed E-state index contributed by atoms with van der Waals surface area (Å²) in [6.45, 7) is 4.24. The molecule has 0 aromatic heterocycles. The Morgan fingerprint density at radius 3 is 2.74 bits per heavy atom. The van der Waals surface area contributed by atoms with Gasteiger partial charge < -0.3 is 15.4 Å². The maximum absolute atomic E-state index is 12.0. The summed E-state index contributed by atoms with van der Waals surface area (Å²) in [5, 5.41) is 5.38. The number of nitrogens with one attached hydrogen (secondary N) is 2. The molecule has 1 atom stereocenters. The molecule has 0 bridgehead atoms. The average Bonchev–Trinajstić information content (AvgIpc) is 2.44. The first-order valence-corrected chi connectivity index (χ1v) is 6.31. The van der Waals surface area contributed by atoms with Gasteiger partial charge in [-0.1, -0.05) is 13.0 Å². The van der Waals surface area contributed by atoms with E-state index in [0.717, 1.165) is 6.42 Å². The highest BCUT2D eigenvalue weighted by atomic mass is 16.5. The molecule has 5 heteroatoms. The summed E-state index contributed by atoms with van der Waals surface area (Å²) in [5.41, 5.74) is 0.467. The van der Waals surface area contributed by atoms with Gasteiger partial charge in [0.1, 0.15) is 11.8 Å². The van der Waals surface area contributed by atoms with Gasteiger partial charge in [-0.15, -0.1) is 0 Å². The van der Waals surface area contributed by atoms with Crippen LogP contribution >= 0.6 is 0 Å². The van der Waals surface area contributed by atoms with Crippen LogP contribution in [0.3, 0.4) is 0 Å². The van der Waals surface area contributed by atoms with Crippen molar-refractivity contribution in [2.24, 2.45) is 0 Å². The molecule has 0 spiro atoms. The Morgan fingerprint density at radius 2 is 2.11 bits per heavy atom. The molecule has 1 aromatic carbocycles. The van der Waals surface area contributed by atoms with Crippen LogP contribution in [0.5, 0.6) is 5.75 Å². The summed E-state index contributed by atoms with van der Waals surface area (Å²) < 4.78 is 5.05. The third-order valence-electron chi connectivity index (χ3n) is 2.62. The predicted molar refractivity (Wildman–Crippen MR) is 73.2 cm³/mol. The van der Waals surface area contributed by atoms with Gasteiger partial charge in [-0.2, -0.15) is 0 Å². The maximum atomic E-state index is 12.0. The lowest BCUT2D eigenvalue weighted by Crippen LogP contribution is -2.45. The monoisotopic (exact) mass is 264 g/mol. The molecule has 0 aliphatic carbocycles. The minimum atomic E-state index is -0.565. The summed E-state index contributed by atoms with van der Waals surface area (Å²) in [6, 6.07) is 6.23. The molecule has 2 N–H and O–H groups in total.